The monoisotopic (exact) mass is 168 g/mol. The van der Waals surface area contributed by atoms with Gasteiger partial charge in [0.25, 0.3) is 0 Å². The Hall–Kier alpha value is -1.55. The van der Waals surface area contributed by atoms with Gasteiger partial charge in [0, 0.05) is 0 Å². The molecule has 0 saturated carbocycles. The van der Waals surface area contributed by atoms with E-state index in [1.165, 1.54) is 19.2 Å². The number of para-hydroxylation sites is 1. The van der Waals surface area contributed by atoms with Gasteiger partial charge in [-0.15, -0.1) is 0 Å². The molecule has 0 amide bonds. The summed E-state index contributed by atoms with van der Waals surface area (Å²) >= 11 is 0. The van der Waals surface area contributed by atoms with E-state index >= 15 is 0 Å². The molecule has 64 valence electrons. The highest BCUT2D eigenvalue weighted by Crippen LogP contribution is 2.16. The maximum absolute atomic E-state index is 11.0. The zero-order valence-electron chi connectivity index (χ0n) is 6.48. The van der Waals surface area contributed by atoms with Gasteiger partial charge in [-0.05, 0) is 12.1 Å². The number of phenols is 1. The lowest BCUT2D eigenvalue weighted by Crippen LogP contribution is -2.03. The zero-order chi connectivity index (χ0) is 8.97. The molecule has 0 aliphatic heterocycles. The Morgan fingerprint density at radius 1 is 1.42 bits per heavy atom. The summed E-state index contributed by atoms with van der Waals surface area (Å²) in [5.74, 6) is -0.838. The van der Waals surface area contributed by atoms with Crippen molar-refractivity contribution >= 4 is 5.97 Å². The highest BCUT2D eigenvalue weighted by Gasteiger charge is 2.11. The highest BCUT2D eigenvalue weighted by molar-refractivity contribution is 5.91. The van der Waals surface area contributed by atoms with Crippen molar-refractivity contribution in [2.75, 3.05) is 7.11 Å². The highest BCUT2D eigenvalue weighted by atomic mass is 17.2. The zero-order valence-corrected chi connectivity index (χ0v) is 6.48. The summed E-state index contributed by atoms with van der Waals surface area (Å²) in [6, 6.07) is 6.06. The van der Waals surface area contributed by atoms with Crippen LogP contribution in [0, 0.1) is 0 Å². The molecule has 0 radical (unpaired) electrons. The number of hydrogen-bond donors (Lipinski definition) is 1. The molecule has 0 heterocycles. The second-order valence-corrected chi connectivity index (χ2v) is 2.05. The number of benzene rings is 1. The smallest absolute Gasteiger partial charge is 0.376 e. The van der Waals surface area contributed by atoms with E-state index in [4.69, 9.17) is 5.11 Å². The molecule has 1 aromatic carbocycles. The normalized spacial score (nSPS) is 9.42. The van der Waals surface area contributed by atoms with Crippen LogP contribution in [0.15, 0.2) is 24.3 Å². The van der Waals surface area contributed by atoms with Gasteiger partial charge in [-0.2, -0.15) is 4.89 Å². The number of phenolic OH excluding ortho intramolecular Hbond substituents is 1. The molecular formula is C8H8O4. The van der Waals surface area contributed by atoms with E-state index in [-0.39, 0.29) is 11.3 Å². The second kappa shape index (κ2) is 3.73. The minimum Gasteiger partial charge on any atom is -0.507 e. The molecule has 0 saturated heterocycles. The van der Waals surface area contributed by atoms with Gasteiger partial charge in [0.1, 0.15) is 11.3 Å². The van der Waals surface area contributed by atoms with Gasteiger partial charge in [0.05, 0.1) is 7.11 Å². The van der Waals surface area contributed by atoms with Crippen LogP contribution in [-0.2, 0) is 9.78 Å². The molecule has 4 heteroatoms. The Bertz CT molecular complexity index is 282. The lowest BCUT2D eigenvalue weighted by molar-refractivity contribution is -0.216. The summed E-state index contributed by atoms with van der Waals surface area (Å²) in [4.78, 5) is 19.3. The molecule has 1 rings (SSSR count). The average molecular weight is 168 g/mol. The van der Waals surface area contributed by atoms with Gasteiger partial charge in [0.15, 0.2) is 0 Å². The summed E-state index contributed by atoms with van der Waals surface area (Å²) in [7, 11) is 1.22. The average Bonchev–Trinajstić information content (AvgIpc) is 2.05. The summed E-state index contributed by atoms with van der Waals surface area (Å²) in [5, 5.41) is 9.15. The fraction of sp³-hybridized carbons (Fsp3) is 0.125. The second-order valence-electron chi connectivity index (χ2n) is 2.05. The predicted octanol–water partition coefficient (Wildman–Crippen LogP) is 1.11. The maximum Gasteiger partial charge on any atom is 0.376 e. The molecular weight excluding hydrogens is 160 g/mol. The summed E-state index contributed by atoms with van der Waals surface area (Å²) < 4.78 is 0. The first kappa shape index (κ1) is 8.55. The maximum atomic E-state index is 11.0. The first-order chi connectivity index (χ1) is 5.75. The first-order valence-electron chi connectivity index (χ1n) is 3.28. The van der Waals surface area contributed by atoms with Crippen LogP contribution in [0.25, 0.3) is 0 Å². The van der Waals surface area contributed by atoms with Crippen LogP contribution in [0.3, 0.4) is 0 Å². The number of aromatic hydroxyl groups is 1. The standard InChI is InChI=1S/C8H8O4/c1-11-12-8(10)6-4-2-3-5-7(6)9/h2-5,9H,1H3. The Labute approximate surface area is 69.3 Å². The summed E-state index contributed by atoms with van der Waals surface area (Å²) in [6.07, 6.45) is 0. The van der Waals surface area contributed by atoms with E-state index in [1.807, 2.05) is 0 Å². The molecule has 12 heavy (non-hydrogen) atoms. The molecule has 0 spiro atoms. The van der Waals surface area contributed by atoms with Crippen LogP contribution in [-0.4, -0.2) is 18.2 Å². The Kier molecular flexibility index (Phi) is 2.66. The van der Waals surface area contributed by atoms with Crippen molar-refractivity contribution in [3.63, 3.8) is 0 Å². The minimum absolute atomic E-state index is 0.0827. The van der Waals surface area contributed by atoms with Crippen LogP contribution in [0.2, 0.25) is 0 Å². The lowest BCUT2D eigenvalue weighted by Gasteiger charge is -2.00. The van der Waals surface area contributed by atoms with Gasteiger partial charge in [-0.25, -0.2) is 4.79 Å². The van der Waals surface area contributed by atoms with Crippen LogP contribution in [0.5, 0.6) is 5.75 Å². The van der Waals surface area contributed by atoms with E-state index in [9.17, 15) is 4.79 Å². The third kappa shape index (κ3) is 1.73. The van der Waals surface area contributed by atoms with Crippen molar-refractivity contribution in [1.82, 2.24) is 0 Å². The van der Waals surface area contributed by atoms with E-state index in [1.54, 1.807) is 12.1 Å². The van der Waals surface area contributed by atoms with Crippen molar-refractivity contribution in [3.8, 4) is 5.75 Å². The molecule has 0 aromatic heterocycles. The summed E-state index contributed by atoms with van der Waals surface area (Å²) in [6.45, 7) is 0. The molecule has 0 atom stereocenters. The van der Waals surface area contributed by atoms with Crippen LogP contribution in [0.1, 0.15) is 10.4 Å². The van der Waals surface area contributed by atoms with Crippen molar-refractivity contribution in [2.24, 2.45) is 0 Å². The molecule has 0 aliphatic rings. The van der Waals surface area contributed by atoms with Gasteiger partial charge in [-0.1, -0.05) is 12.1 Å². The number of carbonyl (C=O) groups excluding carboxylic acids is 1. The van der Waals surface area contributed by atoms with E-state index < -0.39 is 5.97 Å². The van der Waals surface area contributed by atoms with E-state index in [2.05, 4.69) is 9.78 Å². The minimum atomic E-state index is -0.712. The van der Waals surface area contributed by atoms with Crippen molar-refractivity contribution in [1.29, 1.82) is 0 Å². The molecule has 0 unspecified atom stereocenters. The van der Waals surface area contributed by atoms with E-state index in [0.29, 0.717) is 0 Å². The van der Waals surface area contributed by atoms with Crippen molar-refractivity contribution in [3.05, 3.63) is 29.8 Å². The van der Waals surface area contributed by atoms with Gasteiger partial charge < -0.3 is 5.11 Å². The van der Waals surface area contributed by atoms with Crippen LogP contribution < -0.4 is 0 Å². The van der Waals surface area contributed by atoms with Crippen molar-refractivity contribution in [2.45, 2.75) is 0 Å². The van der Waals surface area contributed by atoms with E-state index in [0.717, 1.165) is 0 Å². The fourth-order valence-corrected chi connectivity index (χ4v) is 0.767. The third-order valence-corrected chi connectivity index (χ3v) is 1.28. The van der Waals surface area contributed by atoms with Crippen molar-refractivity contribution < 1.29 is 19.7 Å². The van der Waals surface area contributed by atoms with Crippen LogP contribution >= 0.6 is 0 Å². The van der Waals surface area contributed by atoms with Crippen LogP contribution in [0.4, 0.5) is 0 Å². The predicted molar refractivity (Wildman–Crippen MR) is 40.5 cm³/mol. The Morgan fingerprint density at radius 3 is 2.67 bits per heavy atom. The molecule has 1 N–H and O–H groups in total. The quantitative estimate of drug-likeness (QED) is 0.530. The molecule has 0 bridgehead atoms. The molecule has 1 aromatic rings. The Morgan fingerprint density at radius 2 is 2.08 bits per heavy atom. The SMILES string of the molecule is COOC(=O)c1ccccc1O. The molecule has 4 nitrogen and oxygen atoms in total. The molecule has 0 aliphatic carbocycles. The summed E-state index contributed by atoms with van der Waals surface area (Å²) in [5.41, 5.74) is 0.0827. The number of rotatable bonds is 2. The third-order valence-electron chi connectivity index (χ3n) is 1.28. The van der Waals surface area contributed by atoms with Gasteiger partial charge >= 0.3 is 5.97 Å². The number of carbonyl (C=O) groups is 1. The molecule has 0 fully saturated rings. The van der Waals surface area contributed by atoms with Gasteiger partial charge in [0.2, 0.25) is 0 Å². The number of hydrogen-bond acceptors (Lipinski definition) is 4. The first-order valence-corrected chi connectivity index (χ1v) is 3.28. The largest absolute Gasteiger partial charge is 0.507 e. The lowest BCUT2D eigenvalue weighted by atomic mass is 10.2. The fourth-order valence-electron chi connectivity index (χ4n) is 0.767. The van der Waals surface area contributed by atoms with Gasteiger partial charge in [-0.3, -0.25) is 4.89 Å². The topological polar surface area (TPSA) is 55.8 Å². The Balaban J connectivity index is 2.87.